The van der Waals surface area contributed by atoms with E-state index in [9.17, 15) is 14.4 Å². The third-order valence-electron chi connectivity index (χ3n) is 4.49. The van der Waals surface area contributed by atoms with Crippen molar-refractivity contribution < 1.29 is 24.2 Å². The highest BCUT2D eigenvalue weighted by molar-refractivity contribution is 5.87. The number of amides is 2. The van der Waals surface area contributed by atoms with E-state index in [1.54, 1.807) is 0 Å². The number of hydrogen-bond donors (Lipinski definition) is 3. The predicted molar refractivity (Wildman–Crippen MR) is 98.3 cm³/mol. The van der Waals surface area contributed by atoms with E-state index in [1.807, 2.05) is 48.5 Å². The van der Waals surface area contributed by atoms with Crippen LogP contribution in [0.5, 0.6) is 0 Å². The normalized spacial score (nSPS) is 13.2. The summed E-state index contributed by atoms with van der Waals surface area (Å²) in [6.45, 7) is 1.09. The van der Waals surface area contributed by atoms with Gasteiger partial charge in [0.25, 0.3) is 0 Å². The zero-order valence-electron chi connectivity index (χ0n) is 14.8. The van der Waals surface area contributed by atoms with Crippen molar-refractivity contribution >= 4 is 18.0 Å². The number of alkyl carbamates (subject to hydrolysis) is 1. The van der Waals surface area contributed by atoms with Crippen LogP contribution < -0.4 is 10.6 Å². The molecule has 0 radical (unpaired) electrons. The summed E-state index contributed by atoms with van der Waals surface area (Å²) in [5.74, 6) is -1.82. The van der Waals surface area contributed by atoms with Crippen LogP contribution in [0.25, 0.3) is 11.1 Å². The molecule has 0 aliphatic heterocycles. The number of carboxylic acids is 1. The second kappa shape index (κ2) is 7.90. The molecule has 0 aromatic heterocycles. The van der Waals surface area contributed by atoms with Gasteiger partial charge in [0.1, 0.15) is 19.2 Å². The van der Waals surface area contributed by atoms with Crippen LogP contribution >= 0.6 is 0 Å². The van der Waals surface area contributed by atoms with E-state index < -0.39 is 30.6 Å². The highest BCUT2D eigenvalue weighted by Crippen LogP contribution is 2.44. The number of carbonyl (C=O) groups is 3. The Balaban J connectivity index is 1.61. The monoisotopic (exact) mass is 368 g/mol. The molecule has 0 saturated heterocycles. The van der Waals surface area contributed by atoms with Gasteiger partial charge in [-0.1, -0.05) is 48.5 Å². The molecule has 1 aliphatic carbocycles. The molecule has 3 N–H and O–H groups in total. The lowest BCUT2D eigenvalue weighted by Crippen LogP contribution is -2.46. The van der Waals surface area contributed by atoms with Gasteiger partial charge in [-0.15, -0.1) is 0 Å². The third-order valence-corrected chi connectivity index (χ3v) is 4.49. The average molecular weight is 368 g/mol. The molecule has 2 amide bonds. The molecule has 0 bridgehead atoms. The van der Waals surface area contributed by atoms with Gasteiger partial charge in [0.2, 0.25) is 5.91 Å². The molecule has 1 unspecified atom stereocenters. The molecule has 0 spiro atoms. The minimum atomic E-state index is -1.16. The highest BCUT2D eigenvalue weighted by Gasteiger charge is 2.29. The van der Waals surface area contributed by atoms with E-state index in [0.29, 0.717) is 0 Å². The summed E-state index contributed by atoms with van der Waals surface area (Å²) >= 11 is 0. The van der Waals surface area contributed by atoms with Gasteiger partial charge in [-0.05, 0) is 29.2 Å². The van der Waals surface area contributed by atoms with Crippen molar-refractivity contribution in [1.29, 1.82) is 0 Å². The van der Waals surface area contributed by atoms with E-state index in [1.165, 1.54) is 6.92 Å². The minimum Gasteiger partial charge on any atom is -0.480 e. The molecular formula is C20H20N2O5. The molecule has 1 aliphatic rings. The Labute approximate surface area is 156 Å². The molecule has 1 atom stereocenters. The maximum absolute atomic E-state index is 12.0. The summed E-state index contributed by atoms with van der Waals surface area (Å²) in [5, 5.41) is 13.2. The van der Waals surface area contributed by atoms with Crippen molar-refractivity contribution in [3.05, 3.63) is 59.7 Å². The van der Waals surface area contributed by atoms with Crippen molar-refractivity contribution in [2.24, 2.45) is 0 Å². The first kappa shape index (κ1) is 18.4. The Bertz CT molecular complexity index is 835. The molecule has 27 heavy (non-hydrogen) atoms. The maximum atomic E-state index is 12.0. The Hall–Kier alpha value is -3.35. The van der Waals surface area contributed by atoms with Gasteiger partial charge in [-0.3, -0.25) is 9.59 Å². The molecule has 7 heteroatoms. The number of nitrogens with one attached hydrogen (secondary N) is 2. The van der Waals surface area contributed by atoms with Crippen molar-refractivity contribution in [2.75, 3.05) is 13.2 Å². The summed E-state index contributed by atoms with van der Waals surface area (Å²) in [6.07, 6.45) is -0.727. The van der Waals surface area contributed by atoms with Crippen molar-refractivity contribution in [3.8, 4) is 11.1 Å². The number of benzene rings is 2. The van der Waals surface area contributed by atoms with E-state index in [2.05, 4.69) is 10.6 Å². The van der Waals surface area contributed by atoms with E-state index in [0.717, 1.165) is 22.3 Å². The molecule has 0 saturated carbocycles. The Morgan fingerprint density at radius 2 is 1.59 bits per heavy atom. The van der Waals surface area contributed by atoms with Crippen LogP contribution in [0.1, 0.15) is 24.0 Å². The lowest BCUT2D eigenvalue weighted by atomic mass is 9.98. The number of rotatable bonds is 6. The van der Waals surface area contributed by atoms with Gasteiger partial charge in [-0.25, -0.2) is 4.79 Å². The van der Waals surface area contributed by atoms with E-state index in [-0.39, 0.29) is 12.5 Å². The number of carbonyl (C=O) groups excluding carboxylic acids is 2. The zero-order valence-corrected chi connectivity index (χ0v) is 14.8. The van der Waals surface area contributed by atoms with Crippen LogP contribution in [0.2, 0.25) is 0 Å². The Kier molecular flexibility index (Phi) is 5.40. The molecule has 140 valence electrons. The molecule has 0 heterocycles. The fourth-order valence-electron chi connectivity index (χ4n) is 3.20. The zero-order chi connectivity index (χ0) is 19.4. The Morgan fingerprint density at radius 3 is 2.15 bits per heavy atom. The first-order valence-corrected chi connectivity index (χ1v) is 8.58. The predicted octanol–water partition coefficient (Wildman–Crippen LogP) is 2.11. The van der Waals surface area contributed by atoms with Crippen LogP contribution in [0.3, 0.4) is 0 Å². The van der Waals surface area contributed by atoms with E-state index >= 15 is 0 Å². The van der Waals surface area contributed by atoms with Crippen molar-refractivity contribution in [1.82, 2.24) is 10.6 Å². The Morgan fingerprint density at radius 1 is 1.04 bits per heavy atom. The van der Waals surface area contributed by atoms with Crippen LogP contribution in [0.15, 0.2) is 48.5 Å². The maximum Gasteiger partial charge on any atom is 0.407 e. The fourth-order valence-corrected chi connectivity index (χ4v) is 3.20. The number of fused-ring (bicyclic) bond motifs is 3. The van der Waals surface area contributed by atoms with Crippen LogP contribution in [-0.2, 0) is 14.3 Å². The first-order valence-electron chi connectivity index (χ1n) is 8.58. The number of aliphatic carboxylic acids is 1. The fraction of sp³-hybridized carbons (Fsp3) is 0.250. The van der Waals surface area contributed by atoms with Crippen LogP contribution in [0, 0.1) is 0 Å². The molecule has 0 fully saturated rings. The summed E-state index contributed by atoms with van der Waals surface area (Å²) in [4.78, 5) is 34.2. The molecule has 7 nitrogen and oxygen atoms in total. The molecule has 2 aromatic rings. The summed E-state index contributed by atoms with van der Waals surface area (Å²) in [7, 11) is 0. The van der Waals surface area contributed by atoms with Gasteiger partial charge < -0.3 is 20.5 Å². The number of carboxylic acid groups (broad SMARTS) is 1. The molecule has 2 aromatic carbocycles. The second-order valence-corrected chi connectivity index (χ2v) is 6.30. The van der Waals surface area contributed by atoms with E-state index in [4.69, 9.17) is 9.84 Å². The minimum absolute atomic E-state index is 0.0701. The number of hydrogen-bond acceptors (Lipinski definition) is 4. The third kappa shape index (κ3) is 4.08. The second-order valence-electron chi connectivity index (χ2n) is 6.30. The first-order chi connectivity index (χ1) is 13.0. The van der Waals surface area contributed by atoms with Crippen LogP contribution in [-0.4, -0.2) is 42.3 Å². The smallest absolute Gasteiger partial charge is 0.407 e. The van der Waals surface area contributed by atoms with Gasteiger partial charge in [-0.2, -0.15) is 0 Å². The highest BCUT2D eigenvalue weighted by atomic mass is 16.5. The average Bonchev–Trinajstić information content (AvgIpc) is 2.98. The lowest BCUT2D eigenvalue weighted by molar-refractivity contribution is -0.138. The molecular weight excluding hydrogens is 348 g/mol. The standard InChI is InChI=1S/C20H20N2O5/c1-12(19(25)21-10-18(23)24)22-20(26)27-11-17-15-8-4-2-6-13(15)14-7-3-5-9-16(14)17/h2-9,12,17H,10-11H2,1H3,(H,21,25)(H,22,26)(H,23,24). The SMILES string of the molecule is CC(NC(=O)OCC1c2ccccc2-c2ccccc21)C(=O)NCC(=O)O. The summed E-state index contributed by atoms with van der Waals surface area (Å²) in [6, 6.07) is 15.1. The topological polar surface area (TPSA) is 105 Å². The lowest BCUT2D eigenvalue weighted by Gasteiger charge is -2.17. The molecule has 3 rings (SSSR count). The quantitative estimate of drug-likeness (QED) is 0.724. The van der Waals surface area contributed by atoms with Crippen molar-refractivity contribution in [3.63, 3.8) is 0 Å². The van der Waals surface area contributed by atoms with Gasteiger partial charge >= 0.3 is 12.1 Å². The van der Waals surface area contributed by atoms with Gasteiger partial charge in [0, 0.05) is 5.92 Å². The van der Waals surface area contributed by atoms with Gasteiger partial charge in [0.05, 0.1) is 0 Å². The largest absolute Gasteiger partial charge is 0.480 e. The number of ether oxygens (including phenoxy) is 1. The van der Waals surface area contributed by atoms with Crippen molar-refractivity contribution in [2.45, 2.75) is 18.9 Å². The van der Waals surface area contributed by atoms with Gasteiger partial charge in [0.15, 0.2) is 0 Å². The van der Waals surface area contributed by atoms with Crippen LogP contribution in [0.4, 0.5) is 4.79 Å². The summed E-state index contributed by atoms with van der Waals surface area (Å²) in [5.41, 5.74) is 4.45. The summed E-state index contributed by atoms with van der Waals surface area (Å²) < 4.78 is 5.34.